The number of likely N-dealkylation sites (tertiary alicyclic amines) is 1. The topological polar surface area (TPSA) is 75.7 Å². The van der Waals surface area contributed by atoms with E-state index in [0.29, 0.717) is 36.5 Å². The molecule has 2 amide bonds. The minimum absolute atomic E-state index is 0.00238. The Morgan fingerprint density at radius 1 is 1.17 bits per heavy atom. The van der Waals surface area contributed by atoms with Gasteiger partial charge in [0.05, 0.1) is 17.9 Å². The molecule has 2 aliphatic rings. The van der Waals surface area contributed by atoms with Crippen LogP contribution < -0.4 is 10.1 Å². The number of hydrogen-bond donors (Lipinski definition) is 1. The molecule has 6 heteroatoms. The number of fused-ring (bicyclic) bond motifs is 1. The van der Waals surface area contributed by atoms with Gasteiger partial charge >= 0.3 is 0 Å². The highest BCUT2D eigenvalue weighted by Gasteiger charge is 2.35. The second-order valence-electron chi connectivity index (χ2n) is 8.32. The largest absolute Gasteiger partial charge is 0.487 e. The molecule has 0 spiro atoms. The van der Waals surface area contributed by atoms with Crippen LogP contribution in [0.5, 0.6) is 5.75 Å². The van der Waals surface area contributed by atoms with E-state index in [2.05, 4.69) is 5.32 Å². The van der Waals surface area contributed by atoms with Crippen molar-refractivity contribution in [1.82, 2.24) is 4.90 Å². The fraction of sp³-hybridized carbons (Fsp3) is 0.348. The van der Waals surface area contributed by atoms with Gasteiger partial charge in [-0.3, -0.25) is 14.4 Å². The Balaban J connectivity index is 1.42. The highest BCUT2D eigenvalue weighted by atomic mass is 16.5. The summed E-state index contributed by atoms with van der Waals surface area (Å²) in [5, 5.41) is 2.85. The van der Waals surface area contributed by atoms with Crippen molar-refractivity contribution in [2.24, 2.45) is 5.92 Å². The Labute approximate surface area is 169 Å². The molecule has 2 heterocycles. The van der Waals surface area contributed by atoms with Crippen LogP contribution in [0.25, 0.3) is 0 Å². The van der Waals surface area contributed by atoms with Crippen LogP contribution in [-0.2, 0) is 16.1 Å². The SMILES string of the molecule is CC1(C)CC(=O)c2cc(NC(=O)C3CC(=O)N(Cc4ccccc4)C3)ccc2O1. The summed E-state index contributed by atoms with van der Waals surface area (Å²) in [6, 6.07) is 14.8. The van der Waals surface area contributed by atoms with Gasteiger partial charge in [-0.15, -0.1) is 0 Å². The number of ether oxygens (including phenoxy) is 1. The molecule has 150 valence electrons. The van der Waals surface area contributed by atoms with E-state index in [1.807, 2.05) is 44.2 Å². The summed E-state index contributed by atoms with van der Waals surface area (Å²) in [7, 11) is 0. The summed E-state index contributed by atoms with van der Waals surface area (Å²) in [5.74, 6) is -0.108. The third-order valence-electron chi connectivity index (χ3n) is 5.32. The highest BCUT2D eigenvalue weighted by Crippen LogP contribution is 2.34. The lowest BCUT2D eigenvalue weighted by Gasteiger charge is -2.31. The molecule has 1 N–H and O–H groups in total. The van der Waals surface area contributed by atoms with Crippen molar-refractivity contribution in [2.45, 2.75) is 38.8 Å². The molecule has 4 rings (SSSR count). The Morgan fingerprint density at radius 2 is 1.93 bits per heavy atom. The molecule has 6 nitrogen and oxygen atoms in total. The van der Waals surface area contributed by atoms with Gasteiger partial charge in [-0.1, -0.05) is 30.3 Å². The van der Waals surface area contributed by atoms with Gasteiger partial charge in [-0.05, 0) is 37.6 Å². The van der Waals surface area contributed by atoms with Gasteiger partial charge in [0.15, 0.2) is 5.78 Å². The normalized spacial score (nSPS) is 20.2. The van der Waals surface area contributed by atoms with E-state index >= 15 is 0 Å². The van der Waals surface area contributed by atoms with Crippen molar-refractivity contribution >= 4 is 23.3 Å². The van der Waals surface area contributed by atoms with Crippen LogP contribution in [-0.4, -0.2) is 34.6 Å². The third kappa shape index (κ3) is 4.16. The average molecular weight is 392 g/mol. The molecule has 0 radical (unpaired) electrons. The fourth-order valence-electron chi connectivity index (χ4n) is 3.88. The second-order valence-corrected chi connectivity index (χ2v) is 8.32. The monoisotopic (exact) mass is 392 g/mol. The summed E-state index contributed by atoms with van der Waals surface area (Å²) in [6.07, 6.45) is 0.489. The summed E-state index contributed by atoms with van der Waals surface area (Å²) < 4.78 is 5.85. The zero-order valence-electron chi connectivity index (χ0n) is 16.6. The highest BCUT2D eigenvalue weighted by molar-refractivity contribution is 6.03. The predicted octanol–water partition coefficient (Wildman–Crippen LogP) is 3.42. The Hall–Kier alpha value is -3.15. The van der Waals surface area contributed by atoms with E-state index in [9.17, 15) is 14.4 Å². The van der Waals surface area contributed by atoms with Crippen molar-refractivity contribution in [2.75, 3.05) is 11.9 Å². The lowest BCUT2D eigenvalue weighted by molar-refractivity contribution is -0.128. The van der Waals surface area contributed by atoms with Gasteiger partial charge < -0.3 is 15.0 Å². The van der Waals surface area contributed by atoms with Crippen LogP contribution in [0.15, 0.2) is 48.5 Å². The zero-order valence-corrected chi connectivity index (χ0v) is 16.6. The first-order valence-electron chi connectivity index (χ1n) is 9.79. The first-order chi connectivity index (χ1) is 13.8. The Bertz CT molecular complexity index is 968. The van der Waals surface area contributed by atoms with E-state index in [1.54, 1.807) is 23.1 Å². The average Bonchev–Trinajstić information content (AvgIpc) is 3.03. The van der Waals surface area contributed by atoms with Gasteiger partial charge in [-0.25, -0.2) is 0 Å². The molecule has 0 aromatic heterocycles. The zero-order chi connectivity index (χ0) is 20.6. The lowest BCUT2D eigenvalue weighted by Crippen LogP contribution is -2.36. The quantitative estimate of drug-likeness (QED) is 0.865. The first kappa shape index (κ1) is 19.2. The number of amides is 2. The van der Waals surface area contributed by atoms with Crippen LogP contribution >= 0.6 is 0 Å². The Morgan fingerprint density at radius 3 is 2.69 bits per heavy atom. The molecule has 0 saturated carbocycles. The second kappa shape index (κ2) is 7.35. The smallest absolute Gasteiger partial charge is 0.229 e. The number of Topliss-reactive ketones (excluding diaryl/α,β-unsaturated/α-hetero) is 1. The number of carbonyl (C=O) groups excluding carboxylic acids is 3. The maximum absolute atomic E-state index is 12.7. The van der Waals surface area contributed by atoms with Gasteiger partial charge in [0.2, 0.25) is 11.8 Å². The standard InChI is InChI=1S/C23H24N2O4/c1-23(2)12-19(26)18-11-17(8-9-20(18)29-23)24-22(28)16-10-21(27)25(14-16)13-15-6-4-3-5-7-15/h3-9,11,16H,10,12-14H2,1-2H3,(H,24,28). The van der Waals surface area contributed by atoms with E-state index in [0.717, 1.165) is 5.56 Å². The predicted molar refractivity (Wildman–Crippen MR) is 109 cm³/mol. The number of anilines is 1. The molecule has 1 unspecified atom stereocenters. The van der Waals surface area contributed by atoms with Crippen LogP contribution in [0.3, 0.4) is 0 Å². The Kier molecular flexibility index (Phi) is 4.86. The first-order valence-corrected chi connectivity index (χ1v) is 9.79. The van der Waals surface area contributed by atoms with Gasteiger partial charge in [-0.2, -0.15) is 0 Å². The van der Waals surface area contributed by atoms with E-state index in [-0.39, 0.29) is 24.0 Å². The molecule has 2 aliphatic heterocycles. The molecular formula is C23H24N2O4. The number of nitrogens with zero attached hydrogens (tertiary/aromatic N) is 1. The molecule has 1 saturated heterocycles. The van der Waals surface area contributed by atoms with Crippen molar-refractivity contribution in [1.29, 1.82) is 0 Å². The fourth-order valence-corrected chi connectivity index (χ4v) is 3.88. The molecule has 0 bridgehead atoms. The summed E-state index contributed by atoms with van der Waals surface area (Å²) in [6.45, 7) is 4.65. The van der Waals surface area contributed by atoms with Crippen LogP contribution in [0, 0.1) is 5.92 Å². The van der Waals surface area contributed by atoms with Crippen LogP contribution in [0.4, 0.5) is 5.69 Å². The summed E-state index contributed by atoms with van der Waals surface area (Å²) in [4.78, 5) is 39.2. The molecule has 1 fully saturated rings. The van der Waals surface area contributed by atoms with Gasteiger partial charge in [0.1, 0.15) is 11.4 Å². The lowest BCUT2D eigenvalue weighted by atomic mass is 9.93. The minimum Gasteiger partial charge on any atom is -0.487 e. The number of rotatable bonds is 4. The van der Waals surface area contributed by atoms with Crippen LogP contribution in [0.2, 0.25) is 0 Å². The van der Waals surface area contributed by atoms with Gasteiger partial charge in [0, 0.05) is 25.2 Å². The van der Waals surface area contributed by atoms with Crippen molar-refractivity contribution in [3.63, 3.8) is 0 Å². The van der Waals surface area contributed by atoms with Gasteiger partial charge in [0.25, 0.3) is 0 Å². The van der Waals surface area contributed by atoms with E-state index < -0.39 is 11.5 Å². The molecule has 0 aliphatic carbocycles. The van der Waals surface area contributed by atoms with Crippen LogP contribution in [0.1, 0.15) is 42.6 Å². The number of carbonyl (C=O) groups is 3. The number of ketones is 1. The molecule has 1 atom stereocenters. The molecule has 2 aromatic carbocycles. The number of hydrogen-bond acceptors (Lipinski definition) is 4. The summed E-state index contributed by atoms with van der Waals surface area (Å²) in [5.41, 5.74) is 1.54. The number of nitrogens with one attached hydrogen (secondary N) is 1. The summed E-state index contributed by atoms with van der Waals surface area (Å²) >= 11 is 0. The van der Waals surface area contributed by atoms with Crippen molar-refractivity contribution in [3.05, 3.63) is 59.7 Å². The molecule has 2 aromatic rings. The maximum Gasteiger partial charge on any atom is 0.229 e. The number of benzene rings is 2. The molecular weight excluding hydrogens is 368 g/mol. The van der Waals surface area contributed by atoms with Crippen molar-refractivity contribution in [3.8, 4) is 5.75 Å². The third-order valence-corrected chi connectivity index (χ3v) is 5.32. The minimum atomic E-state index is -0.527. The maximum atomic E-state index is 12.7. The van der Waals surface area contributed by atoms with Crippen molar-refractivity contribution < 1.29 is 19.1 Å². The van der Waals surface area contributed by atoms with E-state index in [4.69, 9.17) is 4.74 Å². The molecule has 29 heavy (non-hydrogen) atoms. The van der Waals surface area contributed by atoms with E-state index in [1.165, 1.54) is 0 Å².